The molecule has 2 aliphatic carbocycles. The van der Waals surface area contributed by atoms with Crippen LogP contribution in [0.4, 0.5) is 0 Å². The van der Waals surface area contributed by atoms with E-state index in [0.717, 1.165) is 12.5 Å². The Balaban J connectivity index is 1.82. The van der Waals surface area contributed by atoms with Crippen molar-refractivity contribution in [1.29, 1.82) is 5.26 Å². The van der Waals surface area contributed by atoms with E-state index in [4.69, 9.17) is 4.74 Å². The lowest BCUT2D eigenvalue weighted by Gasteiger charge is -2.30. The molecule has 0 aliphatic heterocycles. The minimum atomic E-state index is -0.438. The highest BCUT2D eigenvalue weighted by Gasteiger charge is 2.46. The van der Waals surface area contributed by atoms with Crippen molar-refractivity contribution in [2.24, 2.45) is 11.8 Å². The smallest absolute Gasteiger partial charge is 0.133 e. The van der Waals surface area contributed by atoms with E-state index in [2.05, 4.69) is 25.2 Å². The van der Waals surface area contributed by atoms with Crippen molar-refractivity contribution in [2.45, 2.75) is 64.0 Å². The molecule has 0 radical (unpaired) electrons. The fourth-order valence-corrected chi connectivity index (χ4v) is 3.09. The maximum Gasteiger partial charge on any atom is 0.133 e. The van der Waals surface area contributed by atoms with Gasteiger partial charge in [0.05, 0.1) is 12.7 Å². The number of rotatable bonds is 7. The molecule has 0 amide bonds. The normalized spacial score (nSPS) is 24.1. The summed E-state index contributed by atoms with van der Waals surface area (Å²) in [6.45, 7) is 5.61. The molecule has 0 bridgehead atoms. The Hall–Kier alpha value is -0.590. The van der Waals surface area contributed by atoms with Crippen LogP contribution in [0.3, 0.4) is 0 Å². The molecule has 2 saturated carbocycles. The lowest BCUT2D eigenvalue weighted by Crippen LogP contribution is -2.53. The van der Waals surface area contributed by atoms with Gasteiger partial charge in [-0.25, -0.2) is 0 Å². The van der Waals surface area contributed by atoms with Crippen molar-refractivity contribution in [3.63, 3.8) is 0 Å². The van der Waals surface area contributed by atoms with Crippen LogP contribution in [0, 0.1) is 23.2 Å². The first kappa shape index (κ1) is 13.8. The Morgan fingerprint density at radius 2 is 1.94 bits per heavy atom. The summed E-state index contributed by atoms with van der Waals surface area (Å²) in [6.07, 6.45) is 7.65. The highest BCUT2D eigenvalue weighted by molar-refractivity contribution is 5.16. The summed E-state index contributed by atoms with van der Waals surface area (Å²) < 4.78 is 5.89. The van der Waals surface area contributed by atoms with Gasteiger partial charge in [-0.2, -0.15) is 5.26 Å². The van der Waals surface area contributed by atoms with Crippen LogP contribution in [-0.4, -0.2) is 24.8 Å². The average Bonchev–Trinajstić information content (AvgIpc) is 3.07. The van der Waals surface area contributed by atoms with Gasteiger partial charge in [0.25, 0.3) is 0 Å². The summed E-state index contributed by atoms with van der Waals surface area (Å²) in [6, 6.07) is 2.83. The molecule has 102 valence electrons. The van der Waals surface area contributed by atoms with Crippen molar-refractivity contribution < 1.29 is 4.74 Å². The van der Waals surface area contributed by atoms with E-state index in [9.17, 15) is 5.26 Å². The van der Waals surface area contributed by atoms with E-state index in [1.54, 1.807) is 0 Å². The van der Waals surface area contributed by atoms with Gasteiger partial charge in [0.1, 0.15) is 5.54 Å². The Morgan fingerprint density at radius 1 is 1.28 bits per heavy atom. The summed E-state index contributed by atoms with van der Waals surface area (Å²) in [4.78, 5) is 0. The van der Waals surface area contributed by atoms with Crippen molar-refractivity contribution >= 4 is 0 Å². The number of hydrogen-bond donors (Lipinski definition) is 1. The zero-order valence-electron chi connectivity index (χ0n) is 11.7. The molecule has 3 nitrogen and oxygen atoms in total. The number of nitrogens with one attached hydrogen (secondary N) is 1. The van der Waals surface area contributed by atoms with Gasteiger partial charge in [-0.1, -0.05) is 12.8 Å². The van der Waals surface area contributed by atoms with Crippen molar-refractivity contribution in [3.8, 4) is 6.07 Å². The molecule has 0 spiro atoms. The summed E-state index contributed by atoms with van der Waals surface area (Å²) in [7, 11) is 0. The molecule has 0 aromatic heterocycles. The monoisotopic (exact) mass is 250 g/mol. The fraction of sp³-hybridized carbons (Fsp3) is 0.933. The van der Waals surface area contributed by atoms with Gasteiger partial charge < -0.3 is 4.74 Å². The maximum atomic E-state index is 9.54. The van der Waals surface area contributed by atoms with Gasteiger partial charge in [0.15, 0.2) is 0 Å². The number of nitriles is 1. The maximum absolute atomic E-state index is 9.54. The largest absolute Gasteiger partial charge is 0.378 e. The standard InChI is InChI=1S/C15H26N2O/c1-12(2)17-15(10-16,14-7-8-14)11-18-9-13-5-3-4-6-13/h12-14,17H,3-9,11H2,1-2H3. The predicted molar refractivity (Wildman–Crippen MR) is 72.1 cm³/mol. The van der Waals surface area contributed by atoms with Crippen LogP contribution in [0.1, 0.15) is 52.4 Å². The number of hydrogen-bond acceptors (Lipinski definition) is 3. The average molecular weight is 250 g/mol. The molecule has 0 aromatic rings. The zero-order valence-corrected chi connectivity index (χ0v) is 11.7. The molecule has 2 rings (SSSR count). The molecule has 0 saturated heterocycles. The van der Waals surface area contributed by atoms with Crippen LogP contribution < -0.4 is 5.32 Å². The minimum absolute atomic E-state index is 0.334. The van der Waals surface area contributed by atoms with Crippen LogP contribution in [0.2, 0.25) is 0 Å². The first-order valence-corrected chi connectivity index (χ1v) is 7.43. The van der Waals surface area contributed by atoms with Crippen LogP contribution in [0.15, 0.2) is 0 Å². The van der Waals surface area contributed by atoms with Gasteiger partial charge >= 0.3 is 0 Å². The Morgan fingerprint density at radius 3 is 2.44 bits per heavy atom. The molecule has 3 heteroatoms. The van der Waals surface area contributed by atoms with Crippen molar-refractivity contribution in [3.05, 3.63) is 0 Å². The van der Waals surface area contributed by atoms with Gasteiger partial charge in [-0.05, 0) is 51.4 Å². The second-order valence-electron chi connectivity index (χ2n) is 6.32. The van der Waals surface area contributed by atoms with Crippen molar-refractivity contribution in [1.82, 2.24) is 5.32 Å². The second kappa shape index (κ2) is 6.04. The topological polar surface area (TPSA) is 45.0 Å². The summed E-state index contributed by atoms with van der Waals surface area (Å²) in [5.74, 6) is 1.23. The second-order valence-corrected chi connectivity index (χ2v) is 6.32. The highest BCUT2D eigenvalue weighted by atomic mass is 16.5. The molecular formula is C15H26N2O. The summed E-state index contributed by atoms with van der Waals surface area (Å²) in [5.41, 5.74) is -0.438. The van der Waals surface area contributed by atoms with Gasteiger partial charge in [0.2, 0.25) is 0 Å². The molecular weight excluding hydrogens is 224 g/mol. The van der Waals surface area contributed by atoms with E-state index >= 15 is 0 Å². The van der Waals surface area contributed by atoms with Gasteiger partial charge in [0, 0.05) is 12.6 Å². The van der Waals surface area contributed by atoms with E-state index in [0.29, 0.717) is 18.6 Å². The first-order valence-electron chi connectivity index (χ1n) is 7.43. The van der Waals surface area contributed by atoms with E-state index in [1.165, 1.54) is 38.5 Å². The van der Waals surface area contributed by atoms with Gasteiger partial charge in [-0.3, -0.25) is 5.32 Å². The predicted octanol–water partition coefficient (Wildman–Crippen LogP) is 2.86. The van der Waals surface area contributed by atoms with E-state index in [-0.39, 0.29) is 0 Å². The summed E-state index contributed by atoms with van der Waals surface area (Å²) in [5, 5.41) is 13.0. The lowest BCUT2D eigenvalue weighted by molar-refractivity contribution is 0.0550. The molecule has 0 aromatic carbocycles. The molecule has 2 fully saturated rings. The molecule has 18 heavy (non-hydrogen) atoms. The molecule has 1 N–H and O–H groups in total. The van der Waals surface area contributed by atoms with Gasteiger partial charge in [-0.15, -0.1) is 0 Å². The Labute approximate surface area is 111 Å². The first-order chi connectivity index (χ1) is 8.66. The molecule has 2 aliphatic rings. The highest BCUT2D eigenvalue weighted by Crippen LogP contribution is 2.40. The number of nitrogens with zero attached hydrogens (tertiary/aromatic N) is 1. The third-order valence-electron chi connectivity index (χ3n) is 4.18. The third kappa shape index (κ3) is 3.46. The third-order valence-corrected chi connectivity index (χ3v) is 4.18. The molecule has 1 unspecified atom stereocenters. The SMILES string of the molecule is CC(C)NC(C#N)(COCC1CCCC1)C1CC1. The van der Waals surface area contributed by atoms with Crippen LogP contribution in [0.25, 0.3) is 0 Å². The van der Waals surface area contributed by atoms with Crippen LogP contribution in [-0.2, 0) is 4.74 Å². The number of ether oxygens (including phenoxy) is 1. The fourth-order valence-electron chi connectivity index (χ4n) is 3.09. The minimum Gasteiger partial charge on any atom is -0.378 e. The summed E-state index contributed by atoms with van der Waals surface area (Å²) >= 11 is 0. The van der Waals surface area contributed by atoms with Crippen molar-refractivity contribution in [2.75, 3.05) is 13.2 Å². The van der Waals surface area contributed by atoms with Crippen LogP contribution >= 0.6 is 0 Å². The molecule has 1 atom stereocenters. The van der Waals surface area contributed by atoms with E-state index in [1.807, 2.05) is 0 Å². The van der Waals surface area contributed by atoms with Crippen LogP contribution in [0.5, 0.6) is 0 Å². The zero-order chi connectivity index (χ0) is 13.0. The van der Waals surface area contributed by atoms with E-state index < -0.39 is 5.54 Å². The quantitative estimate of drug-likeness (QED) is 0.755. The Kier molecular flexibility index (Phi) is 4.64. The lowest BCUT2D eigenvalue weighted by atomic mass is 9.95. The molecule has 0 heterocycles. The Bertz CT molecular complexity index is 300.